The summed E-state index contributed by atoms with van der Waals surface area (Å²) in [6.07, 6.45) is -2.95. The molecule has 0 N–H and O–H groups in total. The summed E-state index contributed by atoms with van der Waals surface area (Å²) < 4.78 is 52.9. The number of para-hydroxylation sites is 1. The topological polar surface area (TPSA) is 29.0 Å². The molecule has 2 aromatic rings. The number of fused-ring (bicyclic) bond motifs is 1. The van der Waals surface area contributed by atoms with Gasteiger partial charge in [-0.3, -0.25) is 0 Å². The fourth-order valence-electron chi connectivity index (χ4n) is 2.69. The summed E-state index contributed by atoms with van der Waals surface area (Å²) in [5, 5.41) is 0.322. The lowest BCUT2D eigenvalue weighted by Gasteiger charge is -2.32. The van der Waals surface area contributed by atoms with Gasteiger partial charge in [-0.05, 0) is 30.9 Å². The van der Waals surface area contributed by atoms with E-state index in [2.05, 4.69) is 16.9 Å². The minimum Gasteiger partial charge on any atom is -0.356 e. The minimum atomic E-state index is -4.70. The highest BCUT2D eigenvalue weighted by Gasteiger charge is 2.36. The summed E-state index contributed by atoms with van der Waals surface area (Å²) >= 11 is 0. The molecule has 0 aliphatic carbocycles. The average Bonchev–Trinajstić information content (AvgIpc) is 2.47. The van der Waals surface area contributed by atoms with E-state index in [1.54, 1.807) is 11.0 Å². The van der Waals surface area contributed by atoms with Crippen LogP contribution in [0.15, 0.2) is 18.2 Å². The van der Waals surface area contributed by atoms with Gasteiger partial charge in [0.1, 0.15) is 17.2 Å². The molecule has 118 valence electrons. The van der Waals surface area contributed by atoms with Crippen molar-refractivity contribution in [1.82, 2.24) is 9.97 Å². The fraction of sp³-hybridized carbons (Fsp3) is 0.467. The first-order valence-electron chi connectivity index (χ1n) is 7.14. The maximum atomic E-state index is 13.9. The van der Waals surface area contributed by atoms with Crippen molar-refractivity contribution in [1.29, 1.82) is 0 Å². The number of nitrogens with zero attached hydrogens (tertiary/aromatic N) is 3. The SMILES string of the molecule is CC1CCN(c2nc(C(F)(F)F)nc3c(F)cccc23)CC1. The summed E-state index contributed by atoms with van der Waals surface area (Å²) in [6, 6.07) is 4.13. The highest BCUT2D eigenvalue weighted by atomic mass is 19.4. The Kier molecular flexibility index (Phi) is 3.66. The maximum absolute atomic E-state index is 13.9. The lowest BCUT2D eigenvalue weighted by atomic mass is 9.99. The maximum Gasteiger partial charge on any atom is 0.451 e. The number of aromatic nitrogens is 2. The molecule has 1 aliphatic heterocycles. The van der Waals surface area contributed by atoms with Crippen LogP contribution < -0.4 is 4.90 Å². The summed E-state index contributed by atoms with van der Waals surface area (Å²) in [7, 11) is 0. The quantitative estimate of drug-likeness (QED) is 0.745. The Bertz CT molecular complexity index is 691. The standard InChI is InChI=1S/C15H15F4N3/c1-9-5-7-22(8-6-9)13-10-3-2-4-11(16)12(10)20-14(21-13)15(17,18)19/h2-4,9H,5-8H2,1H3. The van der Waals surface area contributed by atoms with E-state index in [9.17, 15) is 17.6 Å². The number of rotatable bonds is 1. The third kappa shape index (κ3) is 2.71. The number of benzene rings is 1. The molecule has 22 heavy (non-hydrogen) atoms. The van der Waals surface area contributed by atoms with Gasteiger partial charge in [0.25, 0.3) is 0 Å². The third-order valence-electron chi connectivity index (χ3n) is 3.99. The van der Waals surface area contributed by atoms with Gasteiger partial charge in [-0.2, -0.15) is 13.2 Å². The minimum absolute atomic E-state index is 0.170. The van der Waals surface area contributed by atoms with E-state index in [1.165, 1.54) is 6.07 Å². The Morgan fingerprint density at radius 2 is 1.82 bits per heavy atom. The first kappa shape index (κ1) is 15.0. The molecular weight excluding hydrogens is 298 g/mol. The fourth-order valence-corrected chi connectivity index (χ4v) is 2.69. The lowest BCUT2D eigenvalue weighted by molar-refractivity contribution is -0.144. The molecule has 0 radical (unpaired) electrons. The predicted molar refractivity (Wildman–Crippen MR) is 75.1 cm³/mol. The molecule has 1 aliphatic rings. The second-order valence-electron chi connectivity index (χ2n) is 5.67. The number of hydrogen-bond acceptors (Lipinski definition) is 3. The van der Waals surface area contributed by atoms with Gasteiger partial charge in [-0.1, -0.05) is 13.0 Å². The Morgan fingerprint density at radius 3 is 2.45 bits per heavy atom. The van der Waals surface area contributed by atoms with E-state index >= 15 is 0 Å². The van der Waals surface area contributed by atoms with Crippen molar-refractivity contribution < 1.29 is 17.6 Å². The van der Waals surface area contributed by atoms with Gasteiger partial charge in [0, 0.05) is 18.5 Å². The molecule has 0 amide bonds. The zero-order valence-corrected chi connectivity index (χ0v) is 12.0. The lowest BCUT2D eigenvalue weighted by Crippen LogP contribution is -2.34. The van der Waals surface area contributed by atoms with Crippen molar-refractivity contribution in [3.05, 3.63) is 29.8 Å². The van der Waals surface area contributed by atoms with Gasteiger partial charge in [-0.25, -0.2) is 14.4 Å². The molecule has 3 nitrogen and oxygen atoms in total. The molecule has 1 saturated heterocycles. The summed E-state index contributed by atoms with van der Waals surface area (Å²) in [4.78, 5) is 8.85. The summed E-state index contributed by atoms with van der Waals surface area (Å²) in [5.74, 6) is -1.36. The van der Waals surface area contributed by atoms with Crippen LogP contribution in [0.5, 0.6) is 0 Å². The third-order valence-corrected chi connectivity index (χ3v) is 3.99. The molecule has 0 spiro atoms. The second kappa shape index (κ2) is 5.37. The number of hydrogen-bond donors (Lipinski definition) is 0. The largest absolute Gasteiger partial charge is 0.451 e. The Balaban J connectivity index is 2.16. The normalized spacial score (nSPS) is 17.2. The van der Waals surface area contributed by atoms with Gasteiger partial charge in [0.05, 0.1) is 0 Å². The Morgan fingerprint density at radius 1 is 1.14 bits per heavy atom. The number of halogens is 4. The van der Waals surface area contributed by atoms with Crippen molar-refractivity contribution in [2.75, 3.05) is 18.0 Å². The van der Waals surface area contributed by atoms with E-state index in [0.717, 1.165) is 18.9 Å². The zero-order valence-electron chi connectivity index (χ0n) is 12.0. The van der Waals surface area contributed by atoms with Crippen LogP contribution in [0.25, 0.3) is 10.9 Å². The van der Waals surface area contributed by atoms with Gasteiger partial charge in [0.15, 0.2) is 0 Å². The van der Waals surface area contributed by atoms with Crippen LogP contribution in [0.1, 0.15) is 25.6 Å². The monoisotopic (exact) mass is 313 g/mol. The van der Waals surface area contributed by atoms with Crippen molar-refractivity contribution in [2.24, 2.45) is 5.92 Å². The van der Waals surface area contributed by atoms with Gasteiger partial charge in [0.2, 0.25) is 5.82 Å². The molecule has 2 heterocycles. The molecule has 1 aromatic heterocycles. The van der Waals surface area contributed by atoms with E-state index in [4.69, 9.17) is 0 Å². The molecule has 3 rings (SSSR count). The van der Waals surface area contributed by atoms with E-state index < -0.39 is 17.8 Å². The molecular formula is C15H15F4N3. The van der Waals surface area contributed by atoms with Crippen molar-refractivity contribution in [3.63, 3.8) is 0 Å². The molecule has 0 atom stereocenters. The van der Waals surface area contributed by atoms with Crippen LogP contribution in [0, 0.1) is 11.7 Å². The highest BCUT2D eigenvalue weighted by Crippen LogP contribution is 2.33. The summed E-state index contributed by atoms with van der Waals surface area (Å²) in [6.45, 7) is 3.33. The molecule has 0 saturated carbocycles. The number of alkyl halides is 3. The van der Waals surface area contributed by atoms with E-state index in [1.807, 2.05) is 0 Å². The predicted octanol–water partition coefficient (Wildman–Crippen LogP) is 4.02. The first-order chi connectivity index (χ1) is 10.4. The van der Waals surface area contributed by atoms with E-state index in [0.29, 0.717) is 24.4 Å². The molecule has 1 fully saturated rings. The van der Waals surface area contributed by atoms with Crippen LogP contribution in [0.2, 0.25) is 0 Å². The second-order valence-corrected chi connectivity index (χ2v) is 5.67. The van der Waals surface area contributed by atoms with Crippen molar-refractivity contribution in [3.8, 4) is 0 Å². The van der Waals surface area contributed by atoms with Gasteiger partial charge >= 0.3 is 6.18 Å². The van der Waals surface area contributed by atoms with E-state index in [-0.39, 0.29) is 11.3 Å². The van der Waals surface area contributed by atoms with Crippen LogP contribution >= 0.6 is 0 Å². The molecule has 1 aromatic carbocycles. The first-order valence-corrected chi connectivity index (χ1v) is 7.14. The number of piperidine rings is 1. The molecule has 7 heteroatoms. The van der Waals surface area contributed by atoms with Crippen LogP contribution in [0.4, 0.5) is 23.4 Å². The number of anilines is 1. The zero-order chi connectivity index (χ0) is 15.9. The van der Waals surface area contributed by atoms with Gasteiger partial charge < -0.3 is 4.90 Å². The van der Waals surface area contributed by atoms with Crippen LogP contribution in [-0.4, -0.2) is 23.1 Å². The Labute approximate surface area is 125 Å². The highest BCUT2D eigenvalue weighted by molar-refractivity contribution is 5.90. The van der Waals surface area contributed by atoms with Gasteiger partial charge in [-0.15, -0.1) is 0 Å². The smallest absolute Gasteiger partial charge is 0.356 e. The van der Waals surface area contributed by atoms with Crippen molar-refractivity contribution in [2.45, 2.75) is 25.9 Å². The van der Waals surface area contributed by atoms with Crippen LogP contribution in [0.3, 0.4) is 0 Å². The van der Waals surface area contributed by atoms with Crippen LogP contribution in [-0.2, 0) is 6.18 Å². The molecule has 0 bridgehead atoms. The molecule has 0 unspecified atom stereocenters. The Hall–Kier alpha value is -1.92. The summed E-state index contributed by atoms with van der Waals surface area (Å²) in [5.41, 5.74) is -0.279. The average molecular weight is 313 g/mol. The van der Waals surface area contributed by atoms with Crippen molar-refractivity contribution >= 4 is 16.7 Å².